The normalized spacial score (nSPS) is 28.4. The molecule has 2 atom stereocenters. The first kappa shape index (κ1) is 11.1. The van der Waals surface area contributed by atoms with E-state index in [-0.39, 0.29) is 0 Å². The van der Waals surface area contributed by atoms with Crippen LogP contribution in [0.3, 0.4) is 0 Å². The predicted octanol–water partition coefficient (Wildman–Crippen LogP) is 2.68. The largest absolute Gasteiger partial charge is 0.497 e. The molecule has 3 rings (SSSR count). The minimum absolute atomic E-state index is 0.769. The summed E-state index contributed by atoms with van der Waals surface area (Å²) in [5.41, 5.74) is 3.12. The van der Waals surface area contributed by atoms with Crippen LogP contribution in [0.2, 0.25) is 0 Å². The zero-order valence-electron chi connectivity index (χ0n) is 10.8. The van der Waals surface area contributed by atoms with Crippen molar-refractivity contribution in [3.8, 4) is 5.75 Å². The Bertz CT molecular complexity index is 415. The summed E-state index contributed by atoms with van der Waals surface area (Å²) in [7, 11) is 4.01. The average molecular weight is 231 g/mol. The first-order chi connectivity index (χ1) is 8.28. The molecule has 0 radical (unpaired) electrons. The van der Waals surface area contributed by atoms with Crippen LogP contribution < -0.4 is 4.74 Å². The predicted molar refractivity (Wildman–Crippen MR) is 69.7 cm³/mol. The number of piperidine rings is 1. The van der Waals surface area contributed by atoms with E-state index in [1.165, 1.54) is 32.4 Å². The van der Waals surface area contributed by atoms with Crippen LogP contribution in [-0.2, 0) is 6.42 Å². The lowest BCUT2D eigenvalue weighted by atomic mass is 9.71. The highest BCUT2D eigenvalue weighted by Gasteiger charge is 2.33. The Kier molecular flexibility index (Phi) is 2.83. The average Bonchev–Trinajstić information content (AvgIpc) is 2.37. The molecule has 92 valence electrons. The summed E-state index contributed by atoms with van der Waals surface area (Å²) in [6.45, 7) is 2.50. The summed E-state index contributed by atoms with van der Waals surface area (Å²) >= 11 is 0. The van der Waals surface area contributed by atoms with Crippen LogP contribution in [-0.4, -0.2) is 32.1 Å². The number of hydrogen-bond acceptors (Lipinski definition) is 2. The molecule has 1 aliphatic carbocycles. The lowest BCUT2D eigenvalue weighted by Gasteiger charge is -2.41. The number of rotatable bonds is 1. The van der Waals surface area contributed by atoms with Gasteiger partial charge in [0.25, 0.3) is 0 Å². The Labute approximate surface area is 104 Å². The lowest BCUT2D eigenvalue weighted by Crippen LogP contribution is -2.39. The second kappa shape index (κ2) is 4.34. The van der Waals surface area contributed by atoms with E-state index < -0.39 is 0 Å². The molecule has 1 aromatic rings. The molecule has 0 spiro atoms. The SMILES string of the molecule is COc1ccc2c(c1)[C@H]1CCN(C)C[C@@H]1CC2. The van der Waals surface area contributed by atoms with E-state index in [0.717, 1.165) is 17.6 Å². The molecule has 1 aromatic carbocycles. The van der Waals surface area contributed by atoms with Gasteiger partial charge in [-0.3, -0.25) is 0 Å². The Morgan fingerprint density at radius 2 is 2.18 bits per heavy atom. The van der Waals surface area contributed by atoms with Gasteiger partial charge in [-0.1, -0.05) is 6.07 Å². The van der Waals surface area contributed by atoms with E-state index in [9.17, 15) is 0 Å². The van der Waals surface area contributed by atoms with Crippen molar-refractivity contribution >= 4 is 0 Å². The summed E-state index contributed by atoms with van der Waals surface area (Å²) in [6.07, 6.45) is 3.91. The minimum Gasteiger partial charge on any atom is -0.497 e. The molecule has 1 fully saturated rings. The van der Waals surface area contributed by atoms with Crippen LogP contribution in [0.15, 0.2) is 18.2 Å². The van der Waals surface area contributed by atoms with E-state index in [1.807, 2.05) is 0 Å². The molecule has 2 nitrogen and oxygen atoms in total. The molecule has 0 aromatic heterocycles. The van der Waals surface area contributed by atoms with Gasteiger partial charge in [0.05, 0.1) is 7.11 Å². The van der Waals surface area contributed by atoms with Gasteiger partial charge in [0.1, 0.15) is 5.75 Å². The van der Waals surface area contributed by atoms with Crippen LogP contribution in [0.1, 0.15) is 29.9 Å². The quantitative estimate of drug-likeness (QED) is 0.737. The monoisotopic (exact) mass is 231 g/mol. The highest BCUT2D eigenvalue weighted by Crippen LogP contribution is 2.42. The van der Waals surface area contributed by atoms with Gasteiger partial charge in [0.15, 0.2) is 0 Å². The molecule has 0 N–H and O–H groups in total. The Morgan fingerprint density at radius 1 is 1.29 bits per heavy atom. The number of hydrogen-bond donors (Lipinski definition) is 0. The summed E-state index contributed by atoms with van der Waals surface area (Å²) < 4.78 is 5.37. The second-order valence-corrected chi connectivity index (χ2v) is 5.52. The summed E-state index contributed by atoms with van der Waals surface area (Å²) in [5, 5.41) is 0. The van der Waals surface area contributed by atoms with Gasteiger partial charge in [-0.05, 0) is 68.0 Å². The van der Waals surface area contributed by atoms with E-state index in [1.54, 1.807) is 18.2 Å². The third kappa shape index (κ3) is 1.95. The van der Waals surface area contributed by atoms with Crippen molar-refractivity contribution in [3.63, 3.8) is 0 Å². The molecule has 0 amide bonds. The van der Waals surface area contributed by atoms with Gasteiger partial charge in [-0.2, -0.15) is 0 Å². The maximum atomic E-state index is 5.37. The van der Waals surface area contributed by atoms with Crippen molar-refractivity contribution in [1.82, 2.24) is 4.90 Å². The maximum Gasteiger partial charge on any atom is 0.119 e. The molecule has 2 heteroatoms. The first-order valence-corrected chi connectivity index (χ1v) is 6.63. The topological polar surface area (TPSA) is 12.5 Å². The molecule has 0 unspecified atom stereocenters. The molecule has 1 aliphatic heterocycles. The van der Waals surface area contributed by atoms with Crippen LogP contribution in [0.25, 0.3) is 0 Å². The van der Waals surface area contributed by atoms with Crippen molar-refractivity contribution in [1.29, 1.82) is 0 Å². The van der Waals surface area contributed by atoms with E-state index in [2.05, 4.69) is 30.1 Å². The van der Waals surface area contributed by atoms with Crippen LogP contribution in [0, 0.1) is 5.92 Å². The van der Waals surface area contributed by atoms with Crippen molar-refractivity contribution in [2.24, 2.45) is 5.92 Å². The third-order valence-corrected chi connectivity index (χ3v) is 4.47. The molecule has 0 saturated carbocycles. The van der Waals surface area contributed by atoms with Crippen molar-refractivity contribution in [2.75, 3.05) is 27.2 Å². The van der Waals surface area contributed by atoms with E-state index in [4.69, 9.17) is 4.74 Å². The maximum absolute atomic E-state index is 5.37. The molecule has 2 aliphatic rings. The van der Waals surface area contributed by atoms with Crippen molar-refractivity contribution < 1.29 is 4.74 Å². The first-order valence-electron chi connectivity index (χ1n) is 6.63. The summed E-state index contributed by atoms with van der Waals surface area (Å²) in [5.74, 6) is 2.64. The number of ether oxygens (including phenoxy) is 1. The number of fused-ring (bicyclic) bond motifs is 3. The van der Waals surface area contributed by atoms with Crippen LogP contribution in [0.4, 0.5) is 0 Å². The Hall–Kier alpha value is -1.02. The molecule has 17 heavy (non-hydrogen) atoms. The van der Waals surface area contributed by atoms with Crippen molar-refractivity contribution in [2.45, 2.75) is 25.2 Å². The molecule has 1 heterocycles. The van der Waals surface area contributed by atoms with Gasteiger partial charge < -0.3 is 9.64 Å². The molecular formula is C15H21NO. The van der Waals surface area contributed by atoms with E-state index >= 15 is 0 Å². The van der Waals surface area contributed by atoms with Gasteiger partial charge in [-0.15, -0.1) is 0 Å². The van der Waals surface area contributed by atoms with Crippen molar-refractivity contribution in [3.05, 3.63) is 29.3 Å². The number of likely N-dealkylation sites (tertiary alicyclic amines) is 1. The van der Waals surface area contributed by atoms with Gasteiger partial charge in [0.2, 0.25) is 0 Å². The minimum atomic E-state index is 0.769. The smallest absolute Gasteiger partial charge is 0.119 e. The fourth-order valence-electron chi connectivity index (χ4n) is 3.53. The lowest BCUT2D eigenvalue weighted by molar-refractivity contribution is 0.168. The highest BCUT2D eigenvalue weighted by molar-refractivity contribution is 5.40. The zero-order chi connectivity index (χ0) is 11.8. The fourth-order valence-corrected chi connectivity index (χ4v) is 3.53. The number of nitrogens with zero attached hydrogens (tertiary/aromatic N) is 1. The number of methoxy groups -OCH3 is 1. The Balaban J connectivity index is 1.94. The zero-order valence-corrected chi connectivity index (χ0v) is 10.8. The standard InChI is InChI=1S/C15H21NO/c1-16-8-7-14-12(10-16)4-3-11-5-6-13(17-2)9-15(11)14/h5-6,9,12,14H,3-4,7-8,10H2,1-2H3/t12-,14-/m0/s1. The summed E-state index contributed by atoms with van der Waals surface area (Å²) in [6, 6.07) is 6.65. The summed E-state index contributed by atoms with van der Waals surface area (Å²) in [4.78, 5) is 2.48. The van der Waals surface area contributed by atoms with Crippen LogP contribution in [0.5, 0.6) is 5.75 Å². The van der Waals surface area contributed by atoms with Gasteiger partial charge >= 0.3 is 0 Å². The second-order valence-electron chi connectivity index (χ2n) is 5.52. The fraction of sp³-hybridized carbons (Fsp3) is 0.600. The van der Waals surface area contributed by atoms with Crippen LogP contribution >= 0.6 is 0 Å². The van der Waals surface area contributed by atoms with E-state index in [0.29, 0.717) is 0 Å². The van der Waals surface area contributed by atoms with Gasteiger partial charge in [0, 0.05) is 6.54 Å². The molecule has 0 bridgehead atoms. The number of aryl methyl sites for hydroxylation is 1. The third-order valence-electron chi connectivity index (χ3n) is 4.47. The molecule has 1 saturated heterocycles. The highest BCUT2D eigenvalue weighted by atomic mass is 16.5. The number of benzene rings is 1. The molecular weight excluding hydrogens is 210 g/mol. The Morgan fingerprint density at radius 3 is 3.00 bits per heavy atom. The van der Waals surface area contributed by atoms with Gasteiger partial charge in [-0.25, -0.2) is 0 Å².